The van der Waals surface area contributed by atoms with Crippen LogP contribution in [0.3, 0.4) is 0 Å². The van der Waals surface area contributed by atoms with E-state index < -0.39 is 0 Å². The molecule has 0 bridgehead atoms. The largest absolute Gasteiger partial charge is 0.319 e. The van der Waals surface area contributed by atoms with E-state index in [0.717, 1.165) is 23.7 Å². The van der Waals surface area contributed by atoms with Gasteiger partial charge in [-0.2, -0.15) is 0 Å². The molecule has 0 radical (unpaired) electrons. The number of nitrogens with one attached hydrogen (secondary N) is 1. The van der Waals surface area contributed by atoms with Crippen molar-refractivity contribution >= 4 is 0 Å². The average molecular weight is 137 g/mol. The third-order valence-corrected chi connectivity index (χ3v) is 3.02. The summed E-state index contributed by atoms with van der Waals surface area (Å²) in [5, 5.41) is 3.23. The van der Waals surface area contributed by atoms with Gasteiger partial charge in [0.15, 0.2) is 0 Å². The highest BCUT2D eigenvalue weighted by Crippen LogP contribution is 2.73. The summed E-state index contributed by atoms with van der Waals surface area (Å²) in [4.78, 5) is 0. The minimum atomic E-state index is 1.04. The molecule has 2 saturated carbocycles. The Morgan fingerprint density at radius 2 is 2.10 bits per heavy atom. The Labute approximate surface area is 62.5 Å². The zero-order valence-electron chi connectivity index (χ0n) is 6.51. The molecule has 1 nitrogen and oxygen atoms in total. The third-order valence-electron chi connectivity index (χ3n) is 3.02. The van der Waals surface area contributed by atoms with E-state index in [1.165, 1.54) is 13.0 Å². The Bertz CT molecular complexity index is 143. The Hall–Kier alpha value is -0.300. The maximum absolute atomic E-state index is 3.75. The van der Waals surface area contributed by atoms with Crippen molar-refractivity contribution in [2.24, 2.45) is 23.7 Å². The molecule has 1 heteroatoms. The van der Waals surface area contributed by atoms with E-state index in [-0.39, 0.29) is 0 Å². The predicted molar refractivity (Wildman–Crippen MR) is 42.7 cm³/mol. The number of allylic oxidation sites excluding steroid dienone is 1. The molecule has 2 aliphatic rings. The second kappa shape index (κ2) is 2.09. The molecule has 0 aromatic heterocycles. The second-order valence-corrected chi connectivity index (χ2v) is 3.56. The van der Waals surface area contributed by atoms with Crippen LogP contribution < -0.4 is 5.32 Å². The van der Waals surface area contributed by atoms with Gasteiger partial charge in [0.2, 0.25) is 0 Å². The van der Waals surface area contributed by atoms with Crippen molar-refractivity contribution in [3.63, 3.8) is 0 Å². The molecule has 10 heavy (non-hydrogen) atoms. The lowest BCUT2D eigenvalue weighted by atomic mass is 10.0. The minimum Gasteiger partial charge on any atom is -0.319 e. The molecule has 2 aliphatic carbocycles. The first-order valence-corrected chi connectivity index (χ1v) is 4.15. The molecule has 0 aliphatic heterocycles. The first-order chi connectivity index (χ1) is 4.90. The maximum Gasteiger partial charge on any atom is -0.00178 e. The van der Waals surface area contributed by atoms with Crippen LogP contribution in [0.15, 0.2) is 12.7 Å². The second-order valence-electron chi connectivity index (χ2n) is 3.56. The van der Waals surface area contributed by atoms with Crippen molar-refractivity contribution in [2.45, 2.75) is 6.42 Å². The van der Waals surface area contributed by atoms with Crippen LogP contribution in [0.2, 0.25) is 0 Å². The summed E-state index contributed by atoms with van der Waals surface area (Å²) in [6.45, 7) is 4.99. The Kier molecular flexibility index (Phi) is 1.34. The molecular formula is C9H15N. The van der Waals surface area contributed by atoms with Gasteiger partial charge >= 0.3 is 0 Å². The molecule has 2 rings (SSSR count). The standard InChI is InChI=1S/C9H15N/c1-3-4-6-8-7(5-10-2)9(6)8/h3,6-10H,1,4-5H2,2H3. The lowest BCUT2D eigenvalue weighted by molar-refractivity contribution is 0.461. The highest BCUT2D eigenvalue weighted by molar-refractivity contribution is 5.20. The van der Waals surface area contributed by atoms with E-state index in [0.29, 0.717) is 0 Å². The van der Waals surface area contributed by atoms with Gasteiger partial charge in [-0.3, -0.25) is 0 Å². The summed E-state index contributed by atoms with van der Waals surface area (Å²) < 4.78 is 0. The molecule has 56 valence electrons. The van der Waals surface area contributed by atoms with Crippen LogP contribution in [0.1, 0.15) is 6.42 Å². The molecule has 0 heterocycles. The van der Waals surface area contributed by atoms with Crippen LogP contribution in [0, 0.1) is 23.7 Å². The Morgan fingerprint density at radius 3 is 2.60 bits per heavy atom. The molecule has 0 aromatic carbocycles. The summed E-state index contributed by atoms with van der Waals surface area (Å²) in [5.41, 5.74) is 0. The van der Waals surface area contributed by atoms with Gasteiger partial charge in [0.1, 0.15) is 0 Å². The number of hydrogen-bond acceptors (Lipinski definition) is 1. The fraction of sp³-hybridized carbons (Fsp3) is 0.778. The quantitative estimate of drug-likeness (QED) is 0.575. The SMILES string of the molecule is C=CCC1C2C(CNC)C12. The van der Waals surface area contributed by atoms with Crippen LogP contribution in [0.25, 0.3) is 0 Å². The van der Waals surface area contributed by atoms with Gasteiger partial charge < -0.3 is 5.32 Å². The van der Waals surface area contributed by atoms with E-state index >= 15 is 0 Å². The van der Waals surface area contributed by atoms with E-state index in [2.05, 4.69) is 18.0 Å². The Balaban J connectivity index is 1.66. The smallest absolute Gasteiger partial charge is 0.00178 e. The van der Waals surface area contributed by atoms with Crippen LogP contribution in [0.5, 0.6) is 0 Å². The number of fused-ring (bicyclic) bond motifs is 1. The zero-order valence-corrected chi connectivity index (χ0v) is 6.51. The van der Waals surface area contributed by atoms with E-state index in [9.17, 15) is 0 Å². The monoisotopic (exact) mass is 137 g/mol. The molecule has 1 N–H and O–H groups in total. The number of rotatable bonds is 4. The molecule has 0 saturated heterocycles. The van der Waals surface area contributed by atoms with E-state index in [1.807, 2.05) is 7.05 Å². The van der Waals surface area contributed by atoms with Crippen molar-refractivity contribution < 1.29 is 0 Å². The number of hydrogen-bond donors (Lipinski definition) is 1. The fourth-order valence-electron chi connectivity index (χ4n) is 2.36. The van der Waals surface area contributed by atoms with Crippen molar-refractivity contribution in [3.8, 4) is 0 Å². The summed E-state index contributed by atoms with van der Waals surface area (Å²) in [6, 6.07) is 0. The summed E-state index contributed by atoms with van der Waals surface area (Å²) in [7, 11) is 2.04. The van der Waals surface area contributed by atoms with Crippen LogP contribution in [-0.2, 0) is 0 Å². The van der Waals surface area contributed by atoms with Gasteiger partial charge in [0.25, 0.3) is 0 Å². The zero-order chi connectivity index (χ0) is 7.14. The third kappa shape index (κ3) is 0.734. The highest BCUT2D eigenvalue weighted by Gasteiger charge is 2.71. The van der Waals surface area contributed by atoms with Gasteiger partial charge in [-0.05, 0) is 43.7 Å². The lowest BCUT2D eigenvalue weighted by Gasteiger charge is -2.07. The van der Waals surface area contributed by atoms with Crippen LogP contribution >= 0.6 is 0 Å². The molecule has 2 atom stereocenters. The van der Waals surface area contributed by atoms with Crippen LogP contribution in [0.4, 0.5) is 0 Å². The molecule has 0 spiro atoms. The lowest BCUT2D eigenvalue weighted by Crippen LogP contribution is -2.16. The van der Waals surface area contributed by atoms with Gasteiger partial charge in [0.05, 0.1) is 0 Å². The first-order valence-electron chi connectivity index (χ1n) is 4.15. The van der Waals surface area contributed by atoms with Crippen molar-refractivity contribution in [1.82, 2.24) is 5.32 Å². The fourth-order valence-corrected chi connectivity index (χ4v) is 2.36. The predicted octanol–water partition coefficient (Wildman–Crippen LogP) is 1.27. The molecule has 0 amide bonds. The van der Waals surface area contributed by atoms with Crippen molar-refractivity contribution in [2.75, 3.05) is 13.6 Å². The molecular weight excluding hydrogens is 122 g/mol. The Morgan fingerprint density at radius 1 is 1.40 bits per heavy atom. The normalized spacial score (nSPS) is 48.1. The molecule has 0 aromatic rings. The van der Waals surface area contributed by atoms with Crippen molar-refractivity contribution in [3.05, 3.63) is 12.7 Å². The summed E-state index contributed by atoms with van der Waals surface area (Å²) in [5.74, 6) is 4.25. The average Bonchev–Trinajstić information content (AvgIpc) is 2.76. The van der Waals surface area contributed by atoms with Crippen molar-refractivity contribution in [1.29, 1.82) is 0 Å². The first kappa shape index (κ1) is 6.41. The van der Waals surface area contributed by atoms with Gasteiger partial charge in [0, 0.05) is 0 Å². The van der Waals surface area contributed by atoms with Gasteiger partial charge in [-0.25, -0.2) is 0 Å². The minimum absolute atomic E-state index is 1.04. The molecule has 2 fully saturated rings. The summed E-state index contributed by atoms with van der Waals surface area (Å²) in [6.07, 6.45) is 3.32. The van der Waals surface area contributed by atoms with E-state index in [1.54, 1.807) is 0 Å². The maximum atomic E-state index is 3.75. The highest BCUT2D eigenvalue weighted by atomic mass is 14.9. The van der Waals surface area contributed by atoms with E-state index in [4.69, 9.17) is 0 Å². The topological polar surface area (TPSA) is 12.0 Å². The van der Waals surface area contributed by atoms with Gasteiger partial charge in [-0.1, -0.05) is 6.08 Å². The summed E-state index contributed by atoms with van der Waals surface area (Å²) >= 11 is 0. The van der Waals surface area contributed by atoms with Gasteiger partial charge in [-0.15, -0.1) is 6.58 Å². The van der Waals surface area contributed by atoms with Crippen LogP contribution in [-0.4, -0.2) is 13.6 Å². The molecule has 2 unspecified atom stereocenters.